The van der Waals surface area contributed by atoms with Crippen molar-refractivity contribution in [2.45, 2.75) is 26.8 Å². The summed E-state index contributed by atoms with van der Waals surface area (Å²) in [6, 6.07) is 10.8. The second kappa shape index (κ2) is 7.94. The maximum Gasteiger partial charge on any atom is 0.258 e. The lowest BCUT2D eigenvalue weighted by atomic mass is 10.0. The van der Waals surface area contributed by atoms with E-state index in [0.29, 0.717) is 28.1 Å². The lowest BCUT2D eigenvalue weighted by molar-refractivity contribution is 0.102. The van der Waals surface area contributed by atoms with Gasteiger partial charge in [0.15, 0.2) is 0 Å². The Morgan fingerprint density at radius 3 is 2.53 bits per heavy atom. The Balaban J connectivity index is 1.84. The molecule has 0 aliphatic rings. The molecule has 7 nitrogen and oxygen atoms in total. The first-order valence-corrected chi connectivity index (χ1v) is 9.87. The summed E-state index contributed by atoms with van der Waals surface area (Å²) in [6.45, 7) is 6.38. The van der Waals surface area contributed by atoms with Crippen molar-refractivity contribution in [2.24, 2.45) is 5.92 Å². The Hall–Kier alpha value is -3.74. The van der Waals surface area contributed by atoms with E-state index in [1.165, 1.54) is 0 Å². The molecule has 0 radical (unpaired) electrons. The summed E-state index contributed by atoms with van der Waals surface area (Å²) in [6.07, 6.45) is 4.73. The van der Waals surface area contributed by atoms with Gasteiger partial charge in [-0.05, 0) is 49.2 Å². The number of benzene rings is 1. The number of hydrogen-bond donors (Lipinski definition) is 3. The molecule has 3 N–H and O–H groups in total. The van der Waals surface area contributed by atoms with E-state index >= 15 is 0 Å². The Bertz CT molecular complexity index is 1280. The third-order valence-electron chi connectivity index (χ3n) is 5.28. The lowest BCUT2D eigenvalue weighted by Gasteiger charge is -2.20. The first-order valence-electron chi connectivity index (χ1n) is 9.87. The van der Waals surface area contributed by atoms with E-state index in [4.69, 9.17) is 4.98 Å². The quantitative estimate of drug-likeness (QED) is 0.436. The van der Waals surface area contributed by atoms with Crippen LogP contribution in [0.3, 0.4) is 0 Å². The summed E-state index contributed by atoms with van der Waals surface area (Å²) in [5.41, 5.74) is 1.49. The Morgan fingerprint density at radius 2 is 1.80 bits per heavy atom. The van der Waals surface area contributed by atoms with Crippen LogP contribution in [0.5, 0.6) is 0 Å². The maximum atomic E-state index is 12.6. The SMILES string of the molecule is CC(C)[C@H](C)Nc1nc2cc[nH]c(=O)c2c2cc(NC(=O)c3ccncc3)ccc12. The van der Waals surface area contributed by atoms with E-state index in [2.05, 4.69) is 41.4 Å². The zero-order valence-corrected chi connectivity index (χ0v) is 17.1. The lowest BCUT2D eigenvalue weighted by Crippen LogP contribution is -2.22. The predicted molar refractivity (Wildman–Crippen MR) is 120 cm³/mol. The molecule has 3 heterocycles. The second-order valence-corrected chi connectivity index (χ2v) is 7.65. The first-order chi connectivity index (χ1) is 14.4. The number of nitrogens with zero attached hydrogens (tertiary/aromatic N) is 2. The van der Waals surface area contributed by atoms with Crippen LogP contribution in [0, 0.1) is 5.92 Å². The minimum absolute atomic E-state index is 0.200. The Kier molecular flexibility index (Phi) is 5.18. The summed E-state index contributed by atoms with van der Waals surface area (Å²) in [5.74, 6) is 0.891. The van der Waals surface area contributed by atoms with E-state index in [9.17, 15) is 9.59 Å². The van der Waals surface area contributed by atoms with Crippen molar-refractivity contribution in [1.29, 1.82) is 0 Å². The van der Waals surface area contributed by atoms with E-state index in [-0.39, 0.29) is 17.5 Å². The van der Waals surface area contributed by atoms with Gasteiger partial charge in [-0.3, -0.25) is 14.6 Å². The molecule has 0 saturated heterocycles. The van der Waals surface area contributed by atoms with Gasteiger partial charge in [0.25, 0.3) is 11.5 Å². The first kappa shape index (κ1) is 19.6. The monoisotopic (exact) mass is 401 g/mol. The fraction of sp³-hybridized carbons (Fsp3) is 0.217. The van der Waals surface area contributed by atoms with Crippen LogP contribution in [0.4, 0.5) is 11.5 Å². The fourth-order valence-corrected chi connectivity index (χ4v) is 3.24. The zero-order chi connectivity index (χ0) is 21.3. The molecular formula is C23H23N5O2. The number of fused-ring (bicyclic) bond motifs is 3. The molecule has 1 aromatic carbocycles. The van der Waals surface area contributed by atoms with E-state index in [1.54, 1.807) is 36.8 Å². The van der Waals surface area contributed by atoms with Crippen molar-refractivity contribution in [1.82, 2.24) is 15.0 Å². The zero-order valence-electron chi connectivity index (χ0n) is 17.1. The number of amides is 1. The second-order valence-electron chi connectivity index (χ2n) is 7.65. The standard InChI is InChI=1S/C23H23N5O2/c1-13(2)14(3)26-21-17-5-4-16(27-22(29)15-6-9-24-10-7-15)12-18(17)20-19(28-21)8-11-25-23(20)30/h4-14H,1-3H3,(H,25,30)(H,26,28)(H,27,29)/t14-/m0/s1. The van der Waals surface area contributed by atoms with E-state index in [1.807, 2.05) is 18.2 Å². The van der Waals surface area contributed by atoms with Gasteiger partial charge in [0.05, 0.1) is 10.9 Å². The highest BCUT2D eigenvalue weighted by Gasteiger charge is 2.15. The van der Waals surface area contributed by atoms with Crippen molar-refractivity contribution >= 4 is 39.1 Å². The maximum absolute atomic E-state index is 12.6. The molecule has 0 saturated carbocycles. The minimum atomic E-state index is -0.240. The van der Waals surface area contributed by atoms with Gasteiger partial charge in [-0.15, -0.1) is 0 Å². The number of nitrogens with one attached hydrogen (secondary N) is 3. The minimum Gasteiger partial charge on any atom is -0.367 e. The highest BCUT2D eigenvalue weighted by Crippen LogP contribution is 2.30. The smallest absolute Gasteiger partial charge is 0.258 e. The number of anilines is 2. The van der Waals surface area contributed by atoms with Crippen LogP contribution < -0.4 is 16.2 Å². The summed E-state index contributed by atoms with van der Waals surface area (Å²) in [5, 5.41) is 8.41. The molecule has 1 amide bonds. The number of rotatable bonds is 5. The van der Waals surface area contributed by atoms with Crippen molar-refractivity contribution < 1.29 is 4.79 Å². The molecule has 7 heteroatoms. The van der Waals surface area contributed by atoms with Crippen molar-refractivity contribution in [3.8, 4) is 0 Å². The molecule has 4 rings (SSSR count). The van der Waals surface area contributed by atoms with Gasteiger partial charge in [-0.1, -0.05) is 13.8 Å². The molecule has 0 bridgehead atoms. The molecule has 152 valence electrons. The topological polar surface area (TPSA) is 99.8 Å². The average molecular weight is 401 g/mol. The molecule has 0 aliphatic carbocycles. The van der Waals surface area contributed by atoms with Crippen LogP contribution in [0.2, 0.25) is 0 Å². The number of aromatic nitrogens is 3. The highest BCUT2D eigenvalue weighted by atomic mass is 16.1. The molecule has 0 spiro atoms. The Labute approximate surface area is 173 Å². The van der Waals surface area contributed by atoms with Crippen molar-refractivity contribution in [2.75, 3.05) is 10.6 Å². The number of pyridine rings is 3. The van der Waals surface area contributed by atoms with Gasteiger partial charge >= 0.3 is 0 Å². The van der Waals surface area contributed by atoms with Gasteiger partial charge in [0.2, 0.25) is 0 Å². The number of carbonyl (C=O) groups excluding carboxylic acids is 1. The summed E-state index contributed by atoms with van der Waals surface area (Å²) >= 11 is 0. The molecule has 30 heavy (non-hydrogen) atoms. The van der Waals surface area contributed by atoms with Crippen LogP contribution >= 0.6 is 0 Å². The number of hydrogen-bond acceptors (Lipinski definition) is 5. The summed E-state index contributed by atoms with van der Waals surface area (Å²) in [7, 11) is 0. The average Bonchev–Trinajstić information content (AvgIpc) is 2.74. The molecule has 1 atom stereocenters. The predicted octanol–water partition coefficient (Wildman–Crippen LogP) is 4.18. The van der Waals surface area contributed by atoms with Crippen LogP contribution in [-0.4, -0.2) is 26.9 Å². The summed E-state index contributed by atoms with van der Waals surface area (Å²) in [4.78, 5) is 36.5. The van der Waals surface area contributed by atoms with Gasteiger partial charge in [-0.2, -0.15) is 0 Å². The number of aromatic amines is 1. The van der Waals surface area contributed by atoms with Crippen LogP contribution in [0.15, 0.2) is 59.8 Å². The third-order valence-corrected chi connectivity index (χ3v) is 5.28. The van der Waals surface area contributed by atoms with Crippen molar-refractivity contribution in [3.05, 3.63) is 70.9 Å². The van der Waals surface area contributed by atoms with Gasteiger partial charge < -0.3 is 15.6 Å². The molecule has 3 aromatic heterocycles. The number of H-pyrrole nitrogens is 1. The molecule has 0 unspecified atom stereocenters. The normalized spacial score (nSPS) is 12.3. The van der Waals surface area contributed by atoms with Crippen LogP contribution in [0.1, 0.15) is 31.1 Å². The third kappa shape index (κ3) is 3.74. The largest absolute Gasteiger partial charge is 0.367 e. The van der Waals surface area contributed by atoms with Crippen molar-refractivity contribution in [3.63, 3.8) is 0 Å². The highest BCUT2D eigenvalue weighted by molar-refractivity contribution is 6.12. The molecule has 4 aromatic rings. The Morgan fingerprint density at radius 1 is 1.03 bits per heavy atom. The summed E-state index contributed by atoms with van der Waals surface area (Å²) < 4.78 is 0. The molecule has 0 aliphatic heterocycles. The van der Waals surface area contributed by atoms with E-state index in [0.717, 1.165) is 16.6 Å². The van der Waals surface area contributed by atoms with Crippen LogP contribution in [-0.2, 0) is 0 Å². The van der Waals surface area contributed by atoms with Crippen LogP contribution in [0.25, 0.3) is 21.7 Å². The number of carbonyl (C=O) groups is 1. The molecular weight excluding hydrogens is 378 g/mol. The molecule has 0 fully saturated rings. The van der Waals surface area contributed by atoms with Gasteiger partial charge in [0.1, 0.15) is 5.82 Å². The van der Waals surface area contributed by atoms with Gasteiger partial charge in [-0.25, -0.2) is 4.98 Å². The van der Waals surface area contributed by atoms with E-state index < -0.39 is 0 Å². The fourth-order valence-electron chi connectivity index (χ4n) is 3.24. The van der Waals surface area contributed by atoms with Gasteiger partial charge in [0, 0.05) is 46.7 Å².